The minimum absolute atomic E-state index is 0.0354. The van der Waals surface area contributed by atoms with Crippen LogP contribution in [0.2, 0.25) is 0 Å². The first-order valence-corrected chi connectivity index (χ1v) is 10.5. The number of H-pyrrole nitrogens is 1. The van der Waals surface area contributed by atoms with Gasteiger partial charge in [0, 0.05) is 32.1 Å². The molecule has 0 saturated carbocycles. The quantitative estimate of drug-likeness (QED) is 0.672. The largest absolute Gasteiger partial charge is 0.342 e. The highest BCUT2D eigenvalue weighted by molar-refractivity contribution is 5.92. The third-order valence-electron chi connectivity index (χ3n) is 5.67. The van der Waals surface area contributed by atoms with Crippen LogP contribution in [-0.2, 0) is 11.3 Å². The molecule has 1 aromatic carbocycles. The Morgan fingerprint density at radius 2 is 2.03 bits per heavy atom. The van der Waals surface area contributed by atoms with Crippen LogP contribution in [0.3, 0.4) is 0 Å². The van der Waals surface area contributed by atoms with Crippen molar-refractivity contribution in [3.63, 3.8) is 0 Å². The molecule has 1 fully saturated rings. The lowest BCUT2D eigenvalue weighted by atomic mass is 9.97. The minimum atomic E-state index is -0.155. The first-order valence-electron chi connectivity index (χ1n) is 10.5. The summed E-state index contributed by atoms with van der Waals surface area (Å²) in [6.07, 6.45) is 3.45. The van der Waals surface area contributed by atoms with Gasteiger partial charge >= 0.3 is 0 Å². The number of imidazole rings is 1. The average Bonchev–Trinajstić information content (AvgIpc) is 3.41. The molecule has 0 spiro atoms. The topological polar surface area (TPSA) is 100 Å². The molecule has 0 unspecified atom stereocenters. The van der Waals surface area contributed by atoms with Crippen molar-refractivity contribution in [2.45, 2.75) is 39.2 Å². The second kappa shape index (κ2) is 8.64. The second-order valence-corrected chi connectivity index (χ2v) is 7.60. The van der Waals surface area contributed by atoms with Crippen LogP contribution in [0, 0.1) is 0 Å². The van der Waals surface area contributed by atoms with Crippen molar-refractivity contribution in [1.29, 1.82) is 0 Å². The van der Waals surface area contributed by atoms with Gasteiger partial charge in [-0.1, -0.05) is 17.3 Å². The van der Waals surface area contributed by atoms with E-state index in [0.717, 1.165) is 29.7 Å². The SMILES string of the molecule is CCN(CC)C(=O)Cn1cc(C(=O)N2CCC[C@@H](c3nc4ccccc4[nH]3)C2)nn1. The van der Waals surface area contributed by atoms with Crippen LogP contribution in [0.25, 0.3) is 11.0 Å². The number of hydrogen-bond acceptors (Lipinski definition) is 5. The van der Waals surface area contributed by atoms with Gasteiger partial charge in [-0.15, -0.1) is 5.10 Å². The third-order valence-corrected chi connectivity index (χ3v) is 5.67. The molecular weight excluding hydrogens is 382 g/mol. The van der Waals surface area contributed by atoms with Crippen molar-refractivity contribution in [2.75, 3.05) is 26.2 Å². The summed E-state index contributed by atoms with van der Waals surface area (Å²) in [5.41, 5.74) is 2.22. The zero-order valence-corrected chi connectivity index (χ0v) is 17.4. The Balaban J connectivity index is 1.43. The van der Waals surface area contributed by atoms with Gasteiger partial charge in [0.25, 0.3) is 5.91 Å². The number of aromatic amines is 1. The van der Waals surface area contributed by atoms with E-state index in [0.29, 0.717) is 26.2 Å². The average molecular weight is 409 g/mol. The highest BCUT2D eigenvalue weighted by Gasteiger charge is 2.29. The number of para-hydroxylation sites is 2. The highest BCUT2D eigenvalue weighted by Crippen LogP contribution is 2.27. The maximum absolute atomic E-state index is 13.0. The van der Waals surface area contributed by atoms with Crippen molar-refractivity contribution >= 4 is 22.8 Å². The fourth-order valence-electron chi connectivity index (χ4n) is 4.00. The number of fused-ring (bicyclic) bond motifs is 1. The first-order chi connectivity index (χ1) is 14.6. The number of rotatable bonds is 6. The number of carbonyl (C=O) groups is 2. The Hall–Kier alpha value is -3.23. The Morgan fingerprint density at radius 1 is 1.23 bits per heavy atom. The molecule has 3 heterocycles. The summed E-state index contributed by atoms with van der Waals surface area (Å²) >= 11 is 0. The summed E-state index contributed by atoms with van der Waals surface area (Å²) in [7, 11) is 0. The zero-order chi connectivity index (χ0) is 21.1. The molecule has 1 N–H and O–H groups in total. The molecule has 1 aliphatic heterocycles. The number of nitrogens with zero attached hydrogens (tertiary/aromatic N) is 6. The molecule has 2 amide bonds. The van der Waals surface area contributed by atoms with E-state index in [-0.39, 0.29) is 30.0 Å². The summed E-state index contributed by atoms with van der Waals surface area (Å²) in [6, 6.07) is 7.95. The lowest BCUT2D eigenvalue weighted by molar-refractivity contribution is -0.131. The number of likely N-dealkylation sites (tertiary alicyclic amines) is 1. The van der Waals surface area contributed by atoms with Gasteiger partial charge in [-0.05, 0) is 38.8 Å². The number of benzene rings is 1. The number of hydrogen-bond donors (Lipinski definition) is 1. The number of amides is 2. The van der Waals surface area contributed by atoms with Gasteiger partial charge in [0.15, 0.2) is 5.69 Å². The van der Waals surface area contributed by atoms with Crippen LogP contribution in [0.4, 0.5) is 0 Å². The molecule has 30 heavy (non-hydrogen) atoms. The van der Waals surface area contributed by atoms with E-state index in [1.165, 1.54) is 4.68 Å². The van der Waals surface area contributed by atoms with Crippen LogP contribution in [0.1, 0.15) is 48.9 Å². The highest BCUT2D eigenvalue weighted by atomic mass is 16.2. The van der Waals surface area contributed by atoms with E-state index in [1.807, 2.05) is 43.0 Å². The fraction of sp³-hybridized carbons (Fsp3) is 0.476. The van der Waals surface area contributed by atoms with E-state index in [1.54, 1.807) is 11.1 Å². The Labute approximate surface area is 175 Å². The van der Waals surface area contributed by atoms with Crippen molar-refractivity contribution < 1.29 is 9.59 Å². The van der Waals surface area contributed by atoms with Crippen LogP contribution < -0.4 is 0 Å². The third kappa shape index (κ3) is 4.05. The van der Waals surface area contributed by atoms with E-state index in [4.69, 9.17) is 4.98 Å². The van der Waals surface area contributed by atoms with Gasteiger partial charge in [-0.25, -0.2) is 9.67 Å². The van der Waals surface area contributed by atoms with Gasteiger partial charge in [0.2, 0.25) is 5.91 Å². The molecule has 158 valence electrons. The summed E-state index contributed by atoms with van der Waals surface area (Å²) < 4.78 is 1.44. The van der Waals surface area contributed by atoms with Crippen LogP contribution in [0.5, 0.6) is 0 Å². The molecule has 4 rings (SSSR count). The van der Waals surface area contributed by atoms with Crippen LogP contribution in [-0.4, -0.2) is 72.8 Å². The monoisotopic (exact) mass is 409 g/mol. The second-order valence-electron chi connectivity index (χ2n) is 7.60. The van der Waals surface area contributed by atoms with Crippen molar-refractivity contribution in [1.82, 2.24) is 34.8 Å². The molecular formula is C21H27N7O2. The van der Waals surface area contributed by atoms with E-state index < -0.39 is 0 Å². The number of likely N-dealkylation sites (N-methyl/N-ethyl adjacent to an activating group) is 1. The van der Waals surface area contributed by atoms with Crippen LogP contribution >= 0.6 is 0 Å². The Kier molecular flexibility index (Phi) is 5.78. The normalized spacial score (nSPS) is 16.7. The molecule has 2 aromatic heterocycles. The molecule has 9 heteroatoms. The Morgan fingerprint density at radius 3 is 2.80 bits per heavy atom. The standard InChI is InChI=1S/C21H27N7O2/c1-3-26(4-2)19(29)14-28-13-18(24-25-28)21(30)27-11-7-8-15(12-27)20-22-16-9-5-6-10-17(16)23-20/h5-6,9-10,13,15H,3-4,7-8,11-12,14H2,1-2H3,(H,22,23)/t15-/m1/s1. The number of piperidine rings is 1. The molecule has 1 aliphatic rings. The van der Waals surface area contributed by atoms with Gasteiger partial charge in [0.1, 0.15) is 12.4 Å². The predicted molar refractivity (Wildman–Crippen MR) is 112 cm³/mol. The fourth-order valence-corrected chi connectivity index (χ4v) is 4.00. The van der Waals surface area contributed by atoms with Gasteiger partial charge in [-0.3, -0.25) is 9.59 Å². The van der Waals surface area contributed by atoms with Gasteiger partial charge in [-0.2, -0.15) is 0 Å². The summed E-state index contributed by atoms with van der Waals surface area (Å²) in [4.78, 5) is 36.9. The van der Waals surface area contributed by atoms with E-state index in [2.05, 4.69) is 15.3 Å². The number of aromatic nitrogens is 5. The molecule has 0 radical (unpaired) electrons. The molecule has 0 bridgehead atoms. The maximum atomic E-state index is 13.0. The predicted octanol–water partition coefficient (Wildman–Crippen LogP) is 2.04. The Bertz CT molecular complexity index is 1000. The maximum Gasteiger partial charge on any atom is 0.276 e. The van der Waals surface area contributed by atoms with E-state index in [9.17, 15) is 9.59 Å². The summed E-state index contributed by atoms with van der Waals surface area (Å²) in [5, 5.41) is 8.00. The summed E-state index contributed by atoms with van der Waals surface area (Å²) in [5.74, 6) is 0.890. The number of nitrogens with one attached hydrogen (secondary N) is 1. The molecule has 1 atom stereocenters. The van der Waals surface area contributed by atoms with Gasteiger partial charge in [0.05, 0.1) is 17.2 Å². The molecule has 9 nitrogen and oxygen atoms in total. The zero-order valence-electron chi connectivity index (χ0n) is 17.4. The molecule has 1 saturated heterocycles. The molecule has 3 aromatic rings. The van der Waals surface area contributed by atoms with Crippen LogP contribution in [0.15, 0.2) is 30.5 Å². The lowest BCUT2D eigenvalue weighted by Gasteiger charge is -2.31. The summed E-state index contributed by atoms with van der Waals surface area (Å²) in [6.45, 7) is 6.52. The van der Waals surface area contributed by atoms with Crippen molar-refractivity contribution in [3.8, 4) is 0 Å². The number of carbonyl (C=O) groups excluding carboxylic acids is 2. The lowest BCUT2D eigenvalue weighted by Crippen LogP contribution is -2.39. The van der Waals surface area contributed by atoms with E-state index >= 15 is 0 Å². The first kappa shape index (κ1) is 20.1. The smallest absolute Gasteiger partial charge is 0.276 e. The minimum Gasteiger partial charge on any atom is -0.342 e. The van der Waals surface area contributed by atoms with Crippen molar-refractivity contribution in [2.24, 2.45) is 0 Å². The molecule has 0 aliphatic carbocycles. The van der Waals surface area contributed by atoms with Gasteiger partial charge < -0.3 is 14.8 Å². The van der Waals surface area contributed by atoms with Crippen molar-refractivity contribution in [3.05, 3.63) is 42.0 Å².